The molecular weight excluding hydrogens is 174 g/mol. The van der Waals surface area contributed by atoms with Gasteiger partial charge < -0.3 is 10.1 Å². The molecule has 2 atom stereocenters. The summed E-state index contributed by atoms with van der Waals surface area (Å²) in [6.07, 6.45) is 3.84. The molecule has 0 spiro atoms. The van der Waals surface area contributed by atoms with E-state index in [9.17, 15) is 0 Å². The number of ether oxygens (including phenoxy) is 1. The highest BCUT2D eigenvalue weighted by Gasteiger charge is 2.19. The molecule has 0 amide bonds. The first kappa shape index (κ1) is 13.9. The smallest absolute Gasteiger partial charge is 0.0721 e. The van der Waals surface area contributed by atoms with Crippen LogP contribution in [0.5, 0.6) is 0 Å². The van der Waals surface area contributed by atoms with E-state index in [1.54, 1.807) is 0 Å². The van der Waals surface area contributed by atoms with E-state index in [0.29, 0.717) is 12.1 Å². The highest BCUT2D eigenvalue weighted by atomic mass is 16.5. The van der Waals surface area contributed by atoms with Crippen LogP contribution in [-0.2, 0) is 4.74 Å². The molecule has 2 nitrogen and oxygen atoms in total. The normalized spacial score (nSPS) is 15.9. The van der Waals surface area contributed by atoms with Crippen molar-refractivity contribution in [1.29, 1.82) is 0 Å². The quantitative estimate of drug-likeness (QED) is 0.652. The van der Waals surface area contributed by atoms with Gasteiger partial charge in [-0.3, -0.25) is 0 Å². The molecule has 0 rings (SSSR count). The summed E-state index contributed by atoms with van der Waals surface area (Å²) >= 11 is 0. The molecular formula is C12H27NO. The van der Waals surface area contributed by atoms with Crippen molar-refractivity contribution in [2.75, 3.05) is 13.7 Å². The van der Waals surface area contributed by atoms with Crippen LogP contribution in [0.25, 0.3) is 0 Å². The lowest BCUT2D eigenvalue weighted by molar-refractivity contribution is 0.0584. The van der Waals surface area contributed by atoms with Crippen LogP contribution in [0.3, 0.4) is 0 Å². The first-order valence-electron chi connectivity index (χ1n) is 5.91. The van der Waals surface area contributed by atoms with Gasteiger partial charge in [0.2, 0.25) is 0 Å². The van der Waals surface area contributed by atoms with Crippen molar-refractivity contribution in [1.82, 2.24) is 5.32 Å². The molecule has 0 aromatic heterocycles. The second-order valence-electron chi connectivity index (χ2n) is 4.37. The van der Waals surface area contributed by atoms with E-state index < -0.39 is 0 Å². The second kappa shape index (κ2) is 8.25. The summed E-state index contributed by atoms with van der Waals surface area (Å²) in [5.74, 6) is 0.730. The first-order valence-corrected chi connectivity index (χ1v) is 5.91. The minimum atomic E-state index is 0.365. The maximum atomic E-state index is 5.50. The summed E-state index contributed by atoms with van der Waals surface area (Å²) in [5, 5.41) is 3.58. The Kier molecular flexibility index (Phi) is 8.20. The molecule has 0 aromatic rings. The van der Waals surface area contributed by atoms with Gasteiger partial charge in [-0.25, -0.2) is 0 Å². The van der Waals surface area contributed by atoms with Crippen LogP contribution in [0.1, 0.15) is 47.0 Å². The van der Waals surface area contributed by atoms with E-state index in [2.05, 4.69) is 33.0 Å². The third kappa shape index (κ3) is 5.61. The fourth-order valence-corrected chi connectivity index (χ4v) is 1.82. The average Bonchev–Trinajstić information content (AvgIpc) is 2.15. The van der Waals surface area contributed by atoms with Gasteiger partial charge in [-0.05, 0) is 31.7 Å². The Morgan fingerprint density at radius 1 is 1.21 bits per heavy atom. The summed E-state index contributed by atoms with van der Waals surface area (Å²) in [5.41, 5.74) is 0. The van der Waals surface area contributed by atoms with Crippen LogP contribution in [0, 0.1) is 5.92 Å². The Labute approximate surface area is 89.4 Å². The molecule has 2 heteroatoms. The molecule has 0 aliphatic rings. The van der Waals surface area contributed by atoms with Gasteiger partial charge in [0.15, 0.2) is 0 Å². The van der Waals surface area contributed by atoms with Crippen LogP contribution < -0.4 is 5.32 Å². The molecule has 0 aliphatic carbocycles. The number of rotatable bonds is 8. The minimum absolute atomic E-state index is 0.365. The molecule has 0 bridgehead atoms. The Balaban J connectivity index is 4.06. The minimum Gasteiger partial charge on any atom is -0.380 e. The van der Waals surface area contributed by atoms with Crippen molar-refractivity contribution in [2.45, 2.75) is 59.1 Å². The van der Waals surface area contributed by atoms with E-state index in [1.165, 1.54) is 12.8 Å². The molecule has 1 N–H and O–H groups in total. The largest absolute Gasteiger partial charge is 0.380 e. The number of hydrogen-bond acceptors (Lipinski definition) is 2. The molecule has 0 saturated carbocycles. The maximum absolute atomic E-state index is 5.50. The van der Waals surface area contributed by atoms with E-state index in [1.807, 2.05) is 7.11 Å². The Bertz CT molecular complexity index is 121. The molecule has 0 aliphatic heterocycles. The topological polar surface area (TPSA) is 21.3 Å². The predicted octanol–water partition coefficient (Wildman–Crippen LogP) is 2.83. The molecule has 0 fully saturated rings. The molecule has 0 heterocycles. The lowest BCUT2D eigenvalue weighted by atomic mass is 9.97. The van der Waals surface area contributed by atoms with Gasteiger partial charge >= 0.3 is 0 Å². The fraction of sp³-hybridized carbons (Fsp3) is 1.00. The summed E-state index contributed by atoms with van der Waals surface area (Å²) < 4.78 is 5.50. The Hall–Kier alpha value is -0.0800. The lowest BCUT2D eigenvalue weighted by Gasteiger charge is -2.27. The summed E-state index contributed by atoms with van der Waals surface area (Å²) in [6, 6.07) is 0.518. The van der Waals surface area contributed by atoms with Gasteiger partial charge in [0.25, 0.3) is 0 Å². The van der Waals surface area contributed by atoms with E-state index in [0.717, 1.165) is 18.9 Å². The SMILES string of the molecule is CCCNC(CC(C)C)C(CC)OC. The zero-order valence-electron chi connectivity index (χ0n) is 10.5. The second-order valence-corrected chi connectivity index (χ2v) is 4.37. The zero-order valence-corrected chi connectivity index (χ0v) is 10.5. The average molecular weight is 201 g/mol. The maximum Gasteiger partial charge on any atom is 0.0721 e. The Morgan fingerprint density at radius 2 is 1.86 bits per heavy atom. The third-order valence-electron chi connectivity index (χ3n) is 2.54. The van der Waals surface area contributed by atoms with Crippen LogP contribution in [0.2, 0.25) is 0 Å². The molecule has 2 unspecified atom stereocenters. The van der Waals surface area contributed by atoms with E-state index in [4.69, 9.17) is 4.74 Å². The summed E-state index contributed by atoms with van der Waals surface area (Å²) in [6.45, 7) is 10.0. The van der Waals surface area contributed by atoms with Gasteiger partial charge in [0.1, 0.15) is 0 Å². The van der Waals surface area contributed by atoms with Crippen LogP contribution in [-0.4, -0.2) is 25.8 Å². The summed E-state index contributed by atoms with van der Waals surface area (Å²) in [4.78, 5) is 0. The van der Waals surface area contributed by atoms with Crippen LogP contribution in [0.4, 0.5) is 0 Å². The first-order chi connectivity index (χ1) is 6.65. The van der Waals surface area contributed by atoms with E-state index in [-0.39, 0.29) is 0 Å². The number of methoxy groups -OCH3 is 1. The number of hydrogen-bond donors (Lipinski definition) is 1. The third-order valence-corrected chi connectivity index (χ3v) is 2.54. The molecule has 86 valence electrons. The van der Waals surface area contributed by atoms with Crippen molar-refractivity contribution in [3.63, 3.8) is 0 Å². The van der Waals surface area contributed by atoms with Crippen molar-refractivity contribution < 1.29 is 4.74 Å². The highest BCUT2D eigenvalue weighted by molar-refractivity contribution is 4.77. The van der Waals surface area contributed by atoms with Gasteiger partial charge in [0.05, 0.1) is 6.10 Å². The predicted molar refractivity (Wildman–Crippen MR) is 62.6 cm³/mol. The monoisotopic (exact) mass is 201 g/mol. The van der Waals surface area contributed by atoms with Crippen molar-refractivity contribution in [2.24, 2.45) is 5.92 Å². The van der Waals surface area contributed by atoms with Crippen molar-refractivity contribution >= 4 is 0 Å². The van der Waals surface area contributed by atoms with Gasteiger partial charge in [-0.1, -0.05) is 27.7 Å². The van der Waals surface area contributed by atoms with E-state index >= 15 is 0 Å². The van der Waals surface area contributed by atoms with Crippen molar-refractivity contribution in [3.8, 4) is 0 Å². The Morgan fingerprint density at radius 3 is 2.21 bits per heavy atom. The number of nitrogens with one attached hydrogen (secondary N) is 1. The van der Waals surface area contributed by atoms with Gasteiger partial charge in [0, 0.05) is 13.2 Å². The van der Waals surface area contributed by atoms with Gasteiger partial charge in [-0.15, -0.1) is 0 Å². The molecule has 0 radical (unpaired) electrons. The highest BCUT2D eigenvalue weighted by Crippen LogP contribution is 2.12. The lowest BCUT2D eigenvalue weighted by Crippen LogP contribution is -2.42. The molecule has 0 aromatic carbocycles. The molecule has 0 saturated heterocycles. The standard InChI is InChI=1S/C12H27NO/c1-6-8-13-11(9-10(3)4)12(7-2)14-5/h10-13H,6-9H2,1-5H3. The fourth-order valence-electron chi connectivity index (χ4n) is 1.82. The molecule has 14 heavy (non-hydrogen) atoms. The van der Waals surface area contributed by atoms with Crippen molar-refractivity contribution in [3.05, 3.63) is 0 Å². The zero-order chi connectivity index (χ0) is 11.0. The van der Waals surface area contributed by atoms with Crippen LogP contribution >= 0.6 is 0 Å². The van der Waals surface area contributed by atoms with Crippen LogP contribution in [0.15, 0.2) is 0 Å². The van der Waals surface area contributed by atoms with Gasteiger partial charge in [-0.2, -0.15) is 0 Å². The summed E-state index contributed by atoms with van der Waals surface area (Å²) in [7, 11) is 1.81.